The van der Waals surface area contributed by atoms with Crippen LogP contribution in [0.3, 0.4) is 0 Å². The van der Waals surface area contributed by atoms with Gasteiger partial charge in [-0.3, -0.25) is 0 Å². The van der Waals surface area contributed by atoms with Gasteiger partial charge in [-0.25, -0.2) is 0 Å². The molecule has 0 N–H and O–H groups in total. The molecule has 2 aliphatic heterocycles. The van der Waals surface area contributed by atoms with Gasteiger partial charge in [0.05, 0.1) is 0 Å². The van der Waals surface area contributed by atoms with Crippen molar-refractivity contribution in [3.8, 4) is 0 Å². The van der Waals surface area contributed by atoms with E-state index < -0.39 is 7.51 Å². The molecule has 0 bridgehead atoms. The van der Waals surface area contributed by atoms with Crippen molar-refractivity contribution in [2.75, 3.05) is 19.4 Å². The van der Waals surface area contributed by atoms with E-state index in [0.717, 1.165) is 25.9 Å². The predicted octanol–water partition coefficient (Wildman–Crippen LogP) is 3.93. The molecule has 0 radical (unpaired) electrons. The number of hydrogen-bond donors (Lipinski definition) is 0. The number of rotatable bonds is 6. The molecule has 0 aromatic carbocycles. The van der Waals surface area contributed by atoms with Gasteiger partial charge in [0.15, 0.2) is 0 Å². The Kier molecular flexibility index (Phi) is 5.35. The fourth-order valence-electron chi connectivity index (χ4n) is 3.12. The summed E-state index contributed by atoms with van der Waals surface area (Å²) in [4.78, 5) is 2.37. The van der Waals surface area contributed by atoms with Gasteiger partial charge in [-0.15, -0.1) is 0 Å². The van der Waals surface area contributed by atoms with Crippen LogP contribution in [0.5, 0.6) is 0 Å². The first-order chi connectivity index (χ1) is 9.83. The molecule has 0 saturated carbocycles. The fourth-order valence-corrected chi connectivity index (χ4v) is 7.88. The van der Waals surface area contributed by atoms with E-state index in [9.17, 15) is 0 Å². The molecule has 2 saturated heterocycles. The molecule has 2 rings (SSSR count). The van der Waals surface area contributed by atoms with Crippen LogP contribution in [0.2, 0.25) is 0 Å². The van der Waals surface area contributed by atoms with E-state index in [-0.39, 0.29) is 24.4 Å². The summed E-state index contributed by atoms with van der Waals surface area (Å²) < 4.78 is 25.2. The van der Waals surface area contributed by atoms with Crippen molar-refractivity contribution >= 4 is 7.51 Å². The maximum atomic E-state index is 6.30. The molecular formula is C15H32NO4P. The second-order valence-electron chi connectivity index (χ2n) is 6.47. The van der Waals surface area contributed by atoms with Gasteiger partial charge in [0.25, 0.3) is 0 Å². The molecule has 0 aromatic heterocycles. The first-order valence-corrected chi connectivity index (χ1v) is 10.4. The molecule has 1 spiro atoms. The zero-order valence-corrected chi connectivity index (χ0v) is 15.3. The van der Waals surface area contributed by atoms with E-state index in [1.54, 1.807) is 0 Å². The monoisotopic (exact) mass is 321 g/mol. The van der Waals surface area contributed by atoms with Crippen LogP contribution >= 0.6 is 7.51 Å². The minimum absolute atomic E-state index is 0.00488. The topological polar surface area (TPSA) is 40.2 Å². The van der Waals surface area contributed by atoms with Crippen LogP contribution in [0.15, 0.2) is 0 Å². The molecule has 0 aromatic rings. The van der Waals surface area contributed by atoms with Crippen LogP contribution in [0.1, 0.15) is 54.4 Å². The predicted molar refractivity (Wildman–Crippen MR) is 86.1 cm³/mol. The summed E-state index contributed by atoms with van der Waals surface area (Å²) in [5.41, 5.74) is 0. The van der Waals surface area contributed by atoms with E-state index in [2.05, 4.69) is 18.7 Å². The maximum absolute atomic E-state index is 6.30. The molecule has 2 aliphatic rings. The van der Waals surface area contributed by atoms with E-state index in [1.165, 1.54) is 0 Å². The summed E-state index contributed by atoms with van der Waals surface area (Å²) >= 11 is 0. The molecule has 4 atom stereocenters. The zero-order chi connectivity index (χ0) is 15.7. The summed E-state index contributed by atoms with van der Waals surface area (Å²) in [6.07, 6.45) is 2.84. The van der Waals surface area contributed by atoms with Crippen molar-refractivity contribution in [3.05, 3.63) is 0 Å². The van der Waals surface area contributed by atoms with Crippen molar-refractivity contribution in [3.63, 3.8) is 0 Å². The number of nitrogens with zero attached hydrogens (tertiary/aromatic N) is 1. The SMILES string of the molecule is CCCN(CCC)CP12(O[C@H](C)[C@@H](C)O1)O[C@H](C)[C@@H](C)O2. The van der Waals surface area contributed by atoms with E-state index >= 15 is 0 Å². The molecule has 0 amide bonds. The Morgan fingerprint density at radius 3 is 1.33 bits per heavy atom. The molecule has 0 unspecified atom stereocenters. The third-order valence-electron chi connectivity index (χ3n) is 4.31. The third-order valence-corrected chi connectivity index (χ3v) is 8.13. The Labute approximate surface area is 129 Å². The van der Waals surface area contributed by atoms with Crippen LogP contribution in [-0.4, -0.2) is 48.7 Å². The van der Waals surface area contributed by atoms with Crippen LogP contribution < -0.4 is 0 Å². The quantitative estimate of drug-likeness (QED) is 0.693. The molecule has 126 valence electrons. The molecule has 0 aliphatic carbocycles. The first kappa shape index (κ1) is 17.6. The first-order valence-electron chi connectivity index (χ1n) is 8.33. The summed E-state index contributed by atoms with van der Waals surface area (Å²) in [7, 11) is -3.47. The van der Waals surface area contributed by atoms with Crippen molar-refractivity contribution in [1.82, 2.24) is 4.90 Å². The average molecular weight is 321 g/mol. The van der Waals surface area contributed by atoms with Gasteiger partial charge < -0.3 is 0 Å². The van der Waals surface area contributed by atoms with Gasteiger partial charge in [-0.05, 0) is 0 Å². The third kappa shape index (κ3) is 3.44. The van der Waals surface area contributed by atoms with E-state index in [4.69, 9.17) is 18.1 Å². The standard InChI is InChI=1S/C15H32NO4P/c1-7-9-16(10-8-2)11-21(17-12(3)13(4)18-21)19-14(5)15(6)20-21/h12-15H,7-11H2,1-6H3/t12-,13-,14-,15-/m1/s1. The van der Waals surface area contributed by atoms with Crippen LogP contribution in [0.25, 0.3) is 0 Å². The van der Waals surface area contributed by atoms with Gasteiger partial charge in [0.1, 0.15) is 0 Å². The van der Waals surface area contributed by atoms with E-state index in [0.29, 0.717) is 6.29 Å². The average Bonchev–Trinajstić information content (AvgIpc) is 2.75. The summed E-state index contributed by atoms with van der Waals surface area (Å²) in [5.74, 6) is 0. The molecule has 2 heterocycles. The van der Waals surface area contributed by atoms with Crippen LogP contribution in [0.4, 0.5) is 0 Å². The van der Waals surface area contributed by atoms with Crippen LogP contribution in [-0.2, 0) is 18.1 Å². The molecule has 21 heavy (non-hydrogen) atoms. The second-order valence-corrected chi connectivity index (χ2v) is 9.52. The summed E-state index contributed by atoms with van der Waals surface area (Å²) in [6, 6.07) is 0. The molecule has 2 fully saturated rings. The number of hydrogen-bond acceptors (Lipinski definition) is 5. The summed E-state index contributed by atoms with van der Waals surface area (Å²) in [5, 5.41) is 0. The molecule has 5 nitrogen and oxygen atoms in total. The fraction of sp³-hybridized carbons (Fsp3) is 1.00. The minimum atomic E-state index is -3.47. The normalized spacial score (nSPS) is 39.7. The van der Waals surface area contributed by atoms with Gasteiger partial charge in [0.2, 0.25) is 0 Å². The van der Waals surface area contributed by atoms with Crippen molar-refractivity contribution in [2.24, 2.45) is 0 Å². The van der Waals surface area contributed by atoms with Crippen molar-refractivity contribution in [2.45, 2.75) is 78.8 Å². The van der Waals surface area contributed by atoms with Gasteiger partial charge >= 0.3 is 129 Å². The second kappa shape index (κ2) is 6.38. The van der Waals surface area contributed by atoms with Gasteiger partial charge in [-0.1, -0.05) is 0 Å². The Morgan fingerprint density at radius 2 is 1.05 bits per heavy atom. The van der Waals surface area contributed by atoms with Crippen LogP contribution in [0, 0.1) is 0 Å². The van der Waals surface area contributed by atoms with E-state index in [1.807, 2.05) is 27.7 Å². The van der Waals surface area contributed by atoms with Gasteiger partial charge in [-0.2, -0.15) is 0 Å². The van der Waals surface area contributed by atoms with Crippen molar-refractivity contribution < 1.29 is 18.1 Å². The Hall–Kier alpha value is 0.230. The Bertz CT molecular complexity index is 310. The Morgan fingerprint density at radius 1 is 0.714 bits per heavy atom. The zero-order valence-electron chi connectivity index (χ0n) is 14.4. The molecule has 6 heteroatoms. The Balaban J connectivity index is 2.25. The van der Waals surface area contributed by atoms with Gasteiger partial charge in [0, 0.05) is 0 Å². The summed E-state index contributed by atoms with van der Waals surface area (Å²) in [6.45, 7) is 14.6. The molecular weight excluding hydrogens is 289 g/mol. The van der Waals surface area contributed by atoms with Crippen molar-refractivity contribution in [1.29, 1.82) is 0 Å².